The molecule has 34 heavy (non-hydrogen) atoms. The van der Waals surface area contributed by atoms with Gasteiger partial charge in [0.05, 0.1) is 28.5 Å². The first-order chi connectivity index (χ1) is 16.4. The molecule has 0 fully saturated rings. The summed E-state index contributed by atoms with van der Waals surface area (Å²) in [4.78, 5) is 46.7. The number of non-ortho nitro benzene ring substituents is 1. The van der Waals surface area contributed by atoms with Crippen molar-refractivity contribution in [2.24, 2.45) is 0 Å². The first-order valence-corrected chi connectivity index (χ1v) is 9.74. The summed E-state index contributed by atoms with van der Waals surface area (Å²) in [6.07, 6.45) is 1.13. The summed E-state index contributed by atoms with van der Waals surface area (Å²) in [5.74, 6) is -0.873. The van der Waals surface area contributed by atoms with E-state index in [0.29, 0.717) is 11.3 Å². The molecule has 0 bridgehead atoms. The zero-order valence-electron chi connectivity index (χ0n) is 17.5. The van der Waals surface area contributed by atoms with E-state index in [2.05, 4.69) is 4.74 Å². The van der Waals surface area contributed by atoms with E-state index >= 15 is 0 Å². The minimum absolute atomic E-state index is 0.0751. The molecule has 10 nitrogen and oxygen atoms in total. The zero-order valence-corrected chi connectivity index (χ0v) is 17.5. The summed E-state index contributed by atoms with van der Waals surface area (Å²) in [6.45, 7) is 0. The number of methoxy groups -OCH3 is 1. The third-order valence-corrected chi connectivity index (χ3v) is 4.74. The number of rotatable bonds is 6. The van der Waals surface area contributed by atoms with E-state index in [0.717, 1.165) is 6.26 Å². The number of nitro benzene ring substituents is 1. The van der Waals surface area contributed by atoms with Gasteiger partial charge >= 0.3 is 11.9 Å². The van der Waals surface area contributed by atoms with Crippen molar-refractivity contribution in [2.45, 2.75) is 0 Å². The minimum Gasteiger partial charge on any atom is -0.465 e. The first-order valence-electron chi connectivity index (χ1n) is 9.74. The van der Waals surface area contributed by atoms with Crippen LogP contribution in [0.2, 0.25) is 0 Å². The maximum absolute atomic E-state index is 12.8. The second-order valence-corrected chi connectivity index (χ2v) is 6.90. The molecule has 0 aliphatic carbocycles. The third kappa shape index (κ3) is 4.60. The van der Waals surface area contributed by atoms with Crippen LogP contribution < -0.4 is 14.9 Å². The lowest BCUT2D eigenvalue weighted by molar-refractivity contribution is -0.384. The summed E-state index contributed by atoms with van der Waals surface area (Å²) < 4.78 is 21.0. The van der Waals surface area contributed by atoms with Crippen molar-refractivity contribution in [1.29, 1.82) is 0 Å². The first kappa shape index (κ1) is 22.2. The van der Waals surface area contributed by atoms with Gasteiger partial charge in [-0.15, -0.1) is 0 Å². The average molecular weight is 461 g/mol. The van der Waals surface area contributed by atoms with Crippen LogP contribution in [0.4, 0.5) is 5.69 Å². The lowest BCUT2D eigenvalue weighted by Gasteiger charge is -2.08. The van der Waals surface area contributed by atoms with E-state index in [4.69, 9.17) is 13.9 Å². The molecule has 0 amide bonds. The zero-order chi connectivity index (χ0) is 24.2. The molecule has 0 radical (unpaired) electrons. The molecule has 1 aromatic heterocycles. The number of esters is 2. The van der Waals surface area contributed by atoms with Gasteiger partial charge in [0.1, 0.15) is 23.3 Å². The molecule has 0 N–H and O–H groups in total. The van der Waals surface area contributed by atoms with Gasteiger partial charge in [-0.3, -0.25) is 14.9 Å². The van der Waals surface area contributed by atoms with Gasteiger partial charge in [0, 0.05) is 18.2 Å². The Morgan fingerprint density at radius 3 is 2.15 bits per heavy atom. The summed E-state index contributed by atoms with van der Waals surface area (Å²) in [5.41, 5.74) is 0.00528. The third-order valence-electron chi connectivity index (χ3n) is 4.74. The van der Waals surface area contributed by atoms with E-state index in [1.807, 2.05) is 0 Å². The normalized spacial score (nSPS) is 10.5. The van der Waals surface area contributed by atoms with Crippen LogP contribution in [-0.4, -0.2) is 24.0 Å². The highest BCUT2D eigenvalue weighted by atomic mass is 16.6. The fraction of sp³-hybridized carbons (Fsp3) is 0.0417. The number of benzene rings is 3. The second kappa shape index (κ2) is 9.25. The predicted molar refractivity (Wildman–Crippen MR) is 118 cm³/mol. The molecule has 3 aromatic carbocycles. The van der Waals surface area contributed by atoms with Crippen LogP contribution in [0.25, 0.3) is 11.0 Å². The Morgan fingerprint density at radius 1 is 0.882 bits per heavy atom. The largest absolute Gasteiger partial charge is 0.465 e. The standard InChI is InChI=1S/C24H15NO9/c1-31-23(27)14-4-8-17(9-5-14)33-21-13-32-20-12-18(10-11-19(20)22(21)26)34-24(28)15-2-6-16(7-3-15)25(29)30/h2-13H,1H3. The molecule has 0 atom stereocenters. The van der Waals surface area contributed by atoms with Gasteiger partial charge < -0.3 is 18.6 Å². The van der Waals surface area contributed by atoms with Gasteiger partial charge in [-0.05, 0) is 48.5 Å². The highest BCUT2D eigenvalue weighted by Gasteiger charge is 2.15. The second-order valence-electron chi connectivity index (χ2n) is 6.90. The Morgan fingerprint density at radius 2 is 1.50 bits per heavy atom. The highest BCUT2D eigenvalue weighted by Crippen LogP contribution is 2.25. The average Bonchev–Trinajstić information content (AvgIpc) is 2.85. The van der Waals surface area contributed by atoms with E-state index in [1.54, 1.807) is 0 Å². The highest BCUT2D eigenvalue weighted by molar-refractivity contribution is 5.92. The van der Waals surface area contributed by atoms with Crippen molar-refractivity contribution in [3.8, 4) is 17.2 Å². The van der Waals surface area contributed by atoms with Crippen molar-refractivity contribution in [3.63, 3.8) is 0 Å². The van der Waals surface area contributed by atoms with Gasteiger partial charge in [-0.25, -0.2) is 9.59 Å². The number of hydrogen-bond acceptors (Lipinski definition) is 9. The van der Waals surface area contributed by atoms with Crippen LogP contribution in [0.3, 0.4) is 0 Å². The maximum atomic E-state index is 12.8. The molecule has 10 heteroatoms. The molecule has 1 heterocycles. The summed E-state index contributed by atoms with van der Waals surface area (Å²) in [6, 6.07) is 15.2. The fourth-order valence-electron chi connectivity index (χ4n) is 3.01. The fourth-order valence-corrected chi connectivity index (χ4v) is 3.01. The smallest absolute Gasteiger partial charge is 0.343 e. The number of ether oxygens (including phenoxy) is 3. The molecule has 4 rings (SSSR count). The van der Waals surface area contributed by atoms with E-state index in [1.165, 1.54) is 73.8 Å². The topological polar surface area (TPSA) is 135 Å². The summed E-state index contributed by atoms with van der Waals surface area (Å²) in [5, 5.41) is 10.9. The van der Waals surface area contributed by atoms with Crippen LogP contribution in [0.15, 0.2) is 82.2 Å². The molecule has 0 spiro atoms. The number of nitrogens with zero attached hydrogens (tertiary/aromatic N) is 1. The quantitative estimate of drug-likeness (QED) is 0.176. The van der Waals surface area contributed by atoms with Gasteiger partial charge in [-0.2, -0.15) is 0 Å². The number of hydrogen-bond donors (Lipinski definition) is 0. The van der Waals surface area contributed by atoms with Gasteiger partial charge in [-0.1, -0.05) is 0 Å². The summed E-state index contributed by atoms with van der Waals surface area (Å²) in [7, 11) is 1.27. The minimum atomic E-state index is -0.730. The molecule has 170 valence electrons. The Bertz CT molecular complexity index is 1460. The van der Waals surface area contributed by atoms with Crippen molar-refractivity contribution >= 4 is 28.6 Å². The number of carbonyl (C=O) groups excluding carboxylic acids is 2. The molecule has 0 aliphatic heterocycles. The van der Waals surface area contributed by atoms with Crippen LogP contribution in [0.1, 0.15) is 20.7 Å². The lowest BCUT2D eigenvalue weighted by Crippen LogP contribution is -2.09. The molecular formula is C24H15NO9. The van der Waals surface area contributed by atoms with E-state index < -0.39 is 22.3 Å². The molecule has 0 unspecified atom stereocenters. The number of nitro groups is 1. The Hall–Kier alpha value is -4.99. The Balaban J connectivity index is 1.52. The number of carbonyl (C=O) groups is 2. The van der Waals surface area contributed by atoms with Gasteiger partial charge in [0.15, 0.2) is 0 Å². The predicted octanol–water partition coefficient (Wildman–Crippen LogP) is 4.50. The van der Waals surface area contributed by atoms with Crippen LogP contribution >= 0.6 is 0 Å². The van der Waals surface area contributed by atoms with Crippen molar-refractivity contribution < 1.29 is 33.1 Å². The summed E-state index contributed by atoms with van der Waals surface area (Å²) >= 11 is 0. The molecule has 0 saturated carbocycles. The Labute approximate surface area is 191 Å². The molecular weight excluding hydrogens is 446 g/mol. The number of fused-ring (bicyclic) bond motifs is 1. The van der Waals surface area contributed by atoms with Crippen LogP contribution in [0, 0.1) is 10.1 Å². The maximum Gasteiger partial charge on any atom is 0.343 e. The van der Waals surface area contributed by atoms with E-state index in [-0.39, 0.29) is 33.7 Å². The molecule has 4 aromatic rings. The van der Waals surface area contributed by atoms with Crippen molar-refractivity contribution in [2.75, 3.05) is 7.11 Å². The molecule has 0 saturated heterocycles. The van der Waals surface area contributed by atoms with Crippen LogP contribution in [-0.2, 0) is 4.74 Å². The molecule has 0 aliphatic rings. The Kier molecular flexibility index (Phi) is 6.04. The van der Waals surface area contributed by atoms with Gasteiger partial charge in [0.25, 0.3) is 5.69 Å². The van der Waals surface area contributed by atoms with Crippen molar-refractivity contribution in [1.82, 2.24) is 0 Å². The van der Waals surface area contributed by atoms with Crippen molar-refractivity contribution in [3.05, 3.63) is 104 Å². The SMILES string of the molecule is COC(=O)c1ccc(Oc2coc3cc(OC(=O)c4ccc([N+](=O)[O-])cc4)ccc3c2=O)cc1. The van der Waals surface area contributed by atoms with Crippen LogP contribution in [0.5, 0.6) is 17.2 Å². The lowest BCUT2D eigenvalue weighted by atomic mass is 10.2. The monoisotopic (exact) mass is 461 g/mol. The van der Waals surface area contributed by atoms with E-state index in [9.17, 15) is 24.5 Å². The van der Waals surface area contributed by atoms with Gasteiger partial charge in [0.2, 0.25) is 11.2 Å².